The predicted octanol–water partition coefficient (Wildman–Crippen LogP) is 8.41. The Labute approximate surface area is 188 Å². The molecule has 1 unspecified atom stereocenters. The lowest BCUT2D eigenvalue weighted by molar-refractivity contribution is 0.564. The molecule has 0 bridgehead atoms. The van der Waals surface area contributed by atoms with Crippen LogP contribution in [0, 0.1) is 5.92 Å². The highest BCUT2D eigenvalue weighted by atomic mass is 32.1. The molecule has 0 saturated carbocycles. The summed E-state index contributed by atoms with van der Waals surface area (Å²) in [6, 6.07) is 15.7. The van der Waals surface area contributed by atoms with Crippen LogP contribution in [0.25, 0.3) is 0 Å². The molecule has 162 valence electrons. The van der Waals surface area contributed by atoms with Gasteiger partial charge < -0.3 is 4.90 Å². The molecule has 0 aliphatic carbocycles. The Morgan fingerprint density at radius 3 is 1.84 bits per heavy atom. The molecular formula is C24H30N6S. The Kier molecular flexibility index (Phi) is 8.41. The number of hydrogen-bond acceptors (Lipinski definition) is 7. The van der Waals surface area contributed by atoms with Gasteiger partial charge in [0.25, 0.3) is 0 Å². The molecule has 0 saturated heterocycles. The molecule has 31 heavy (non-hydrogen) atoms. The first-order valence-corrected chi connectivity index (χ1v) is 11.7. The van der Waals surface area contributed by atoms with Crippen molar-refractivity contribution in [2.24, 2.45) is 26.4 Å². The number of azo groups is 2. The number of aromatic nitrogens is 1. The summed E-state index contributed by atoms with van der Waals surface area (Å²) in [5.41, 5.74) is 3.57. The molecule has 3 aromatic rings. The van der Waals surface area contributed by atoms with E-state index in [-0.39, 0.29) is 0 Å². The lowest BCUT2D eigenvalue weighted by Crippen LogP contribution is -2.21. The van der Waals surface area contributed by atoms with E-state index < -0.39 is 0 Å². The monoisotopic (exact) mass is 434 g/mol. The maximum Gasteiger partial charge on any atom is 0.230 e. The van der Waals surface area contributed by atoms with Gasteiger partial charge in [-0.15, -0.1) is 10.2 Å². The molecule has 2 aromatic carbocycles. The summed E-state index contributed by atoms with van der Waals surface area (Å²) >= 11 is 1.60. The second kappa shape index (κ2) is 11.5. The van der Waals surface area contributed by atoms with Gasteiger partial charge >= 0.3 is 0 Å². The summed E-state index contributed by atoms with van der Waals surface area (Å²) in [6.45, 7) is 10.7. The largest absolute Gasteiger partial charge is 0.372 e. The van der Waals surface area contributed by atoms with Gasteiger partial charge in [-0.05, 0) is 74.7 Å². The molecule has 0 spiro atoms. The molecule has 7 heteroatoms. The quantitative estimate of drug-likeness (QED) is 0.301. The van der Waals surface area contributed by atoms with E-state index in [0.29, 0.717) is 11.0 Å². The summed E-state index contributed by atoms with van der Waals surface area (Å²) in [6.07, 6.45) is 4.12. The third-order valence-corrected chi connectivity index (χ3v) is 6.05. The van der Waals surface area contributed by atoms with Crippen molar-refractivity contribution in [3.05, 3.63) is 59.6 Å². The third-order valence-electron chi connectivity index (χ3n) is 5.15. The Balaban J connectivity index is 1.58. The molecule has 0 fully saturated rings. The van der Waals surface area contributed by atoms with Crippen LogP contribution in [-0.4, -0.2) is 18.1 Å². The molecular weight excluding hydrogens is 404 g/mol. The lowest BCUT2D eigenvalue weighted by atomic mass is 10.1. The van der Waals surface area contributed by atoms with E-state index in [1.807, 2.05) is 42.6 Å². The highest BCUT2D eigenvalue weighted by molar-refractivity contribution is 7.15. The lowest BCUT2D eigenvalue weighted by Gasteiger charge is -2.20. The van der Waals surface area contributed by atoms with E-state index in [9.17, 15) is 0 Å². The molecule has 0 aliphatic heterocycles. The Morgan fingerprint density at radius 1 is 0.806 bits per heavy atom. The number of thiazole rings is 1. The van der Waals surface area contributed by atoms with Gasteiger partial charge in [-0.3, -0.25) is 0 Å². The van der Waals surface area contributed by atoms with Gasteiger partial charge in [0, 0.05) is 29.9 Å². The summed E-state index contributed by atoms with van der Waals surface area (Å²) in [5.74, 6) is 0.659. The van der Waals surface area contributed by atoms with E-state index in [2.05, 4.69) is 70.2 Å². The van der Waals surface area contributed by atoms with Crippen LogP contribution in [0.4, 0.5) is 27.9 Å². The standard InChI is InChI=1S/C24H30N6S/c1-5-18(4)16-23-17-25-24(31-23)29-28-20-10-8-19(9-11-20)26-27-21-12-14-22(15-13-21)30(6-2)7-3/h8-15,17-18H,5-7,16H2,1-4H3. The molecule has 0 radical (unpaired) electrons. The fourth-order valence-corrected chi connectivity index (χ4v) is 3.94. The van der Waals surface area contributed by atoms with Crippen molar-refractivity contribution >= 4 is 39.2 Å². The number of benzene rings is 2. The molecule has 0 amide bonds. The highest BCUT2D eigenvalue weighted by Crippen LogP contribution is 2.27. The minimum Gasteiger partial charge on any atom is -0.372 e. The maximum absolute atomic E-state index is 4.35. The fraction of sp³-hybridized carbons (Fsp3) is 0.375. The van der Waals surface area contributed by atoms with Gasteiger partial charge in [0.05, 0.1) is 17.1 Å². The smallest absolute Gasteiger partial charge is 0.230 e. The van der Waals surface area contributed by atoms with Crippen LogP contribution < -0.4 is 4.90 Å². The van der Waals surface area contributed by atoms with Crippen molar-refractivity contribution < 1.29 is 0 Å². The van der Waals surface area contributed by atoms with Crippen molar-refractivity contribution in [3.8, 4) is 0 Å². The van der Waals surface area contributed by atoms with Crippen LogP contribution in [0.2, 0.25) is 0 Å². The average molecular weight is 435 g/mol. The molecule has 1 aromatic heterocycles. The van der Waals surface area contributed by atoms with Crippen molar-refractivity contribution in [2.45, 2.75) is 40.5 Å². The second-order valence-corrected chi connectivity index (χ2v) is 8.53. The van der Waals surface area contributed by atoms with Crippen LogP contribution in [0.5, 0.6) is 0 Å². The minimum absolute atomic E-state index is 0.659. The van der Waals surface area contributed by atoms with E-state index in [4.69, 9.17) is 0 Å². The first-order valence-electron chi connectivity index (χ1n) is 10.8. The highest BCUT2D eigenvalue weighted by Gasteiger charge is 2.05. The van der Waals surface area contributed by atoms with Gasteiger partial charge in [-0.1, -0.05) is 31.6 Å². The van der Waals surface area contributed by atoms with Crippen LogP contribution in [0.1, 0.15) is 39.0 Å². The van der Waals surface area contributed by atoms with Crippen LogP contribution in [0.3, 0.4) is 0 Å². The van der Waals surface area contributed by atoms with E-state index in [1.165, 1.54) is 17.0 Å². The topological polar surface area (TPSA) is 65.6 Å². The number of rotatable bonds is 10. The van der Waals surface area contributed by atoms with E-state index >= 15 is 0 Å². The second-order valence-electron chi connectivity index (χ2n) is 7.43. The fourth-order valence-electron chi connectivity index (χ4n) is 3.05. The first kappa shape index (κ1) is 22.7. The van der Waals surface area contributed by atoms with Crippen molar-refractivity contribution in [1.29, 1.82) is 0 Å². The Bertz CT molecular complexity index is 988. The van der Waals surface area contributed by atoms with E-state index in [0.717, 1.165) is 36.6 Å². The van der Waals surface area contributed by atoms with Gasteiger partial charge in [0.2, 0.25) is 5.13 Å². The Hall–Kier alpha value is -2.93. The van der Waals surface area contributed by atoms with Crippen molar-refractivity contribution in [1.82, 2.24) is 4.98 Å². The molecule has 1 atom stereocenters. The number of hydrogen-bond donors (Lipinski definition) is 0. The van der Waals surface area contributed by atoms with E-state index in [1.54, 1.807) is 11.3 Å². The minimum atomic E-state index is 0.659. The summed E-state index contributed by atoms with van der Waals surface area (Å²) in [4.78, 5) is 7.90. The average Bonchev–Trinajstić information content (AvgIpc) is 3.25. The summed E-state index contributed by atoms with van der Waals surface area (Å²) in [7, 11) is 0. The number of anilines is 1. The zero-order valence-corrected chi connectivity index (χ0v) is 19.5. The Morgan fingerprint density at radius 2 is 1.32 bits per heavy atom. The van der Waals surface area contributed by atoms with Gasteiger partial charge in [0.1, 0.15) is 0 Å². The molecule has 1 heterocycles. The SMILES string of the molecule is CCC(C)Cc1cnc(N=Nc2ccc(N=Nc3ccc(N(CC)CC)cc3)cc2)s1. The van der Waals surface area contributed by atoms with Crippen LogP contribution in [0.15, 0.2) is 75.2 Å². The first-order chi connectivity index (χ1) is 15.1. The zero-order chi connectivity index (χ0) is 22.1. The van der Waals surface area contributed by atoms with Crippen molar-refractivity contribution in [3.63, 3.8) is 0 Å². The summed E-state index contributed by atoms with van der Waals surface area (Å²) < 4.78 is 0. The summed E-state index contributed by atoms with van der Waals surface area (Å²) in [5, 5.41) is 17.9. The van der Waals surface area contributed by atoms with Crippen LogP contribution >= 0.6 is 11.3 Å². The molecule has 6 nitrogen and oxygen atoms in total. The van der Waals surface area contributed by atoms with Crippen LogP contribution in [-0.2, 0) is 6.42 Å². The maximum atomic E-state index is 4.35. The predicted molar refractivity (Wildman–Crippen MR) is 130 cm³/mol. The zero-order valence-electron chi connectivity index (χ0n) is 18.7. The van der Waals surface area contributed by atoms with Gasteiger partial charge in [-0.25, -0.2) is 4.98 Å². The normalized spacial score (nSPS) is 12.6. The van der Waals surface area contributed by atoms with Gasteiger partial charge in [-0.2, -0.15) is 10.2 Å². The van der Waals surface area contributed by atoms with Crippen molar-refractivity contribution in [2.75, 3.05) is 18.0 Å². The third kappa shape index (κ3) is 6.79. The number of nitrogens with zero attached hydrogens (tertiary/aromatic N) is 6. The molecule has 3 rings (SSSR count). The van der Waals surface area contributed by atoms with Gasteiger partial charge in [0.15, 0.2) is 0 Å². The molecule has 0 aliphatic rings. The molecule has 0 N–H and O–H groups in total.